The lowest BCUT2D eigenvalue weighted by Gasteiger charge is -2.14. The van der Waals surface area contributed by atoms with Crippen molar-refractivity contribution in [3.05, 3.63) is 53.1 Å². The Morgan fingerprint density at radius 1 is 1.09 bits per heavy atom. The first-order chi connectivity index (χ1) is 10.6. The van der Waals surface area contributed by atoms with Gasteiger partial charge in [0.1, 0.15) is 17.2 Å². The Bertz CT molecular complexity index is 639. The fraction of sp³-hybridized carbons (Fsp3) is 0.188. The summed E-state index contributed by atoms with van der Waals surface area (Å²) in [4.78, 5) is 12.0. The van der Waals surface area contributed by atoms with E-state index in [1.54, 1.807) is 30.3 Å². The molecule has 0 saturated carbocycles. The number of anilines is 1. The summed E-state index contributed by atoms with van der Waals surface area (Å²) >= 11 is 5.91. The van der Waals surface area contributed by atoms with Gasteiger partial charge in [-0.1, -0.05) is 29.8 Å². The highest BCUT2D eigenvalue weighted by molar-refractivity contribution is 6.30. The van der Waals surface area contributed by atoms with Crippen molar-refractivity contribution in [2.75, 3.05) is 19.5 Å². The van der Waals surface area contributed by atoms with Crippen LogP contribution in [0.4, 0.5) is 10.5 Å². The average Bonchev–Trinajstić information content (AvgIpc) is 2.53. The lowest BCUT2D eigenvalue weighted by Crippen LogP contribution is -2.28. The molecule has 0 fully saturated rings. The van der Waals surface area contributed by atoms with Gasteiger partial charge in [0, 0.05) is 11.6 Å². The van der Waals surface area contributed by atoms with E-state index in [0.717, 1.165) is 5.56 Å². The predicted octanol–water partition coefficient (Wildman–Crippen LogP) is 3.68. The highest BCUT2D eigenvalue weighted by atomic mass is 35.5. The van der Waals surface area contributed by atoms with E-state index in [9.17, 15) is 4.79 Å². The molecule has 22 heavy (non-hydrogen) atoms. The monoisotopic (exact) mass is 320 g/mol. The summed E-state index contributed by atoms with van der Waals surface area (Å²) in [5.74, 6) is 1.05. The molecule has 0 unspecified atom stereocenters. The van der Waals surface area contributed by atoms with E-state index >= 15 is 0 Å². The third kappa shape index (κ3) is 4.05. The van der Waals surface area contributed by atoms with Gasteiger partial charge >= 0.3 is 6.03 Å². The fourth-order valence-corrected chi connectivity index (χ4v) is 2.17. The van der Waals surface area contributed by atoms with Crippen LogP contribution >= 0.6 is 11.6 Å². The summed E-state index contributed by atoms with van der Waals surface area (Å²) in [5.41, 5.74) is 1.39. The highest BCUT2D eigenvalue weighted by Gasteiger charge is 2.12. The van der Waals surface area contributed by atoms with Gasteiger partial charge in [-0.3, -0.25) is 0 Å². The van der Waals surface area contributed by atoms with E-state index in [4.69, 9.17) is 21.1 Å². The molecule has 0 aliphatic rings. The van der Waals surface area contributed by atoms with Gasteiger partial charge in [-0.15, -0.1) is 0 Å². The van der Waals surface area contributed by atoms with Crippen LogP contribution in [-0.2, 0) is 6.54 Å². The van der Waals surface area contributed by atoms with E-state index in [0.29, 0.717) is 28.8 Å². The number of methoxy groups -OCH3 is 2. The molecule has 0 saturated heterocycles. The molecule has 0 bridgehead atoms. The zero-order valence-corrected chi connectivity index (χ0v) is 13.1. The van der Waals surface area contributed by atoms with Gasteiger partial charge in [0.25, 0.3) is 0 Å². The van der Waals surface area contributed by atoms with Crippen LogP contribution in [-0.4, -0.2) is 20.3 Å². The second-order valence-corrected chi connectivity index (χ2v) is 4.91. The van der Waals surface area contributed by atoms with Gasteiger partial charge in [0.15, 0.2) is 0 Å². The lowest BCUT2D eigenvalue weighted by atomic mass is 10.2. The molecule has 0 aliphatic heterocycles. The molecule has 2 rings (SSSR count). The molecule has 0 heterocycles. The molecule has 116 valence electrons. The van der Waals surface area contributed by atoms with Crippen molar-refractivity contribution in [1.29, 1.82) is 0 Å². The molecular formula is C16H17ClN2O3. The molecule has 0 radical (unpaired) electrons. The van der Waals surface area contributed by atoms with Gasteiger partial charge in [-0.05, 0) is 29.8 Å². The Morgan fingerprint density at radius 2 is 1.73 bits per heavy atom. The summed E-state index contributed by atoms with van der Waals surface area (Å²) in [6.07, 6.45) is 0. The minimum Gasteiger partial charge on any atom is -0.494 e. The number of amides is 2. The molecule has 0 aliphatic carbocycles. The number of rotatable bonds is 5. The van der Waals surface area contributed by atoms with Gasteiger partial charge in [0.05, 0.1) is 14.2 Å². The summed E-state index contributed by atoms with van der Waals surface area (Å²) in [6, 6.07) is 12.2. The summed E-state index contributed by atoms with van der Waals surface area (Å²) in [6.45, 7) is 0.365. The van der Waals surface area contributed by atoms with Crippen molar-refractivity contribution in [3.8, 4) is 11.5 Å². The molecule has 6 heteroatoms. The standard InChI is InChI=1S/C16H17ClN2O3/c1-21-13-7-4-8-14(22-2)15(13)19-16(20)18-10-11-5-3-6-12(17)9-11/h3-9H,10H2,1-2H3,(H2,18,19,20). The van der Waals surface area contributed by atoms with Crippen molar-refractivity contribution in [3.63, 3.8) is 0 Å². The molecule has 0 spiro atoms. The topological polar surface area (TPSA) is 59.6 Å². The van der Waals surface area contributed by atoms with Gasteiger partial charge in [-0.2, -0.15) is 0 Å². The first-order valence-corrected chi connectivity index (χ1v) is 7.02. The number of para-hydroxylation sites is 1. The molecule has 0 aromatic heterocycles. The first kappa shape index (κ1) is 16.0. The zero-order chi connectivity index (χ0) is 15.9. The van der Waals surface area contributed by atoms with Crippen molar-refractivity contribution >= 4 is 23.3 Å². The van der Waals surface area contributed by atoms with E-state index < -0.39 is 0 Å². The number of halogens is 1. The first-order valence-electron chi connectivity index (χ1n) is 6.64. The Kier molecular flexibility index (Phi) is 5.49. The Hall–Kier alpha value is -2.40. The quantitative estimate of drug-likeness (QED) is 0.883. The smallest absolute Gasteiger partial charge is 0.319 e. The fourth-order valence-electron chi connectivity index (χ4n) is 1.96. The molecular weight excluding hydrogens is 304 g/mol. The Balaban J connectivity index is 2.03. The highest BCUT2D eigenvalue weighted by Crippen LogP contribution is 2.33. The van der Waals surface area contributed by atoms with Crippen molar-refractivity contribution in [2.45, 2.75) is 6.54 Å². The van der Waals surface area contributed by atoms with E-state index in [1.165, 1.54) is 14.2 Å². The minimum absolute atomic E-state index is 0.359. The van der Waals surface area contributed by atoms with E-state index in [1.807, 2.05) is 12.1 Å². The van der Waals surface area contributed by atoms with Crippen LogP contribution in [0.1, 0.15) is 5.56 Å². The molecule has 0 atom stereocenters. The summed E-state index contributed by atoms with van der Waals surface area (Å²) in [5, 5.41) is 6.12. The van der Waals surface area contributed by atoms with E-state index in [-0.39, 0.29) is 6.03 Å². The van der Waals surface area contributed by atoms with Crippen molar-refractivity contribution in [2.24, 2.45) is 0 Å². The third-order valence-corrected chi connectivity index (χ3v) is 3.24. The average molecular weight is 321 g/mol. The number of urea groups is 1. The van der Waals surface area contributed by atoms with Crippen LogP contribution in [0.2, 0.25) is 5.02 Å². The number of hydrogen-bond acceptors (Lipinski definition) is 3. The van der Waals surface area contributed by atoms with Crippen molar-refractivity contribution < 1.29 is 14.3 Å². The van der Waals surface area contributed by atoms with Gasteiger partial charge in [0.2, 0.25) is 0 Å². The van der Waals surface area contributed by atoms with Crippen LogP contribution in [0.25, 0.3) is 0 Å². The number of benzene rings is 2. The molecule has 2 aromatic rings. The third-order valence-electron chi connectivity index (χ3n) is 3.01. The molecule has 2 aromatic carbocycles. The van der Waals surface area contributed by atoms with Crippen LogP contribution in [0.15, 0.2) is 42.5 Å². The van der Waals surface area contributed by atoms with Crippen LogP contribution < -0.4 is 20.1 Å². The lowest BCUT2D eigenvalue weighted by molar-refractivity contribution is 0.251. The number of ether oxygens (including phenoxy) is 2. The zero-order valence-electron chi connectivity index (χ0n) is 12.4. The van der Waals surface area contributed by atoms with Crippen LogP contribution in [0.5, 0.6) is 11.5 Å². The maximum Gasteiger partial charge on any atom is 0.319 e. The molecule has 2 amide bonds. The van der Waals surface area contributed by atoms with E-state index in [2.05, 4.69) is 10.6 Å². The Morgan fingerprint density at radius 3 is 2.32 bits per heavy atom. The number of carbonyl (C=O) groups is 1. The second kappa shape index (κ2) is 7.56. The maximum atomic E-state index is 12.0. The number of carbonyl (C=O) groups excluding carboxylic acids is 1. The molecule has 2 N–H and O–H groups in total. The second-order valence-electron chi connectivity index (χ2n) is 4.48. The SMILES string of the molecule is COc1cccc(OC)c1NC(=O)NCc1cccc(Cl)c1. The van der Waals surface area contributed by atoms with Gasteiger partial charge < -0.3 is 20.1 Å². The largest absolute Gasteiger partial charge is 0.494 e. The number of nitrogens with one attached hydrogen (secondary N) is 2. The Labute approximate surface area is 134 Å². The van der Waals surface area contributed by atoms with Crippen molar-refractivity contribution in [1.82, 2.24) is 5.32 Å². The predicted molar refractivity (Wildman–Crippen MR) is 86.9 cm³/mol. The van der Waals surface area contributed by atoms with Crippen LogP contribution in [0, 0.1) is 0 Å². The summed E-state index contributed by atoms with van der Waals surface area (Å²) in [7, 11) is 3.06. The van der Waals surface area contributed by atoms with Gasteiger partial charge in [-0.25, -0.2) is 4.79 Å². The maximum absolute atomic E-state index is 12.0. The molecule has 5 nitrogen and oxygen atoms in total. The normalized spacial score (nSPS) is 9.95. The van der Waals surface area contributed by atoms with Crippen LogP contribution in [0.3, 0.4) is 0 Å². The number of hydrogen-bond donors (Lipinski definition) is 2. The summed E-state index contributed by atoms with van der Waals surface area (Å²) < 4.78 is 10.5. The minimum atomic E-state index is -0.359.